The van der Waals surface area contributed by atoms with Crippen LogP contribution in [0.3, 0.4) is 0 Å². The fourth-order valence-corrected chi connectivity index (χ4v) is 3.38. The monoisotopic (exact) mass is 306 g/mol. The van der Waals surface area contributed by atoms with Crippen LogP contribution in [-0.4, -0.2) is 43.4 Å². The fourth-order valence-electron chi connectivity index (χ4n) is 1.99. The molecular formula is C13H26N2O4S. The molecule has 0 radical (unpaired) electrons. The minimum atomic E-state index is -3.59. The van der Waals surface area contributed by atoms with Gasteiger partial charge in [0.25, 0.3) is 10.2 Å². The van der Waals surface area contributed by atoms with Crippen LogP contribution in [-0.2, 0) is 15.0 Å². The van der Waals surface area contributed by atoms with E-state index in [-0.39, 0.29) is 17.9 Å². The molecule has 1 aliphatic heterocycles. The Labute approximate surface area is 121 Å². The van der Waals surface area contributed by atoms with Crippen molar-refractivity contribution in [1.82, 2.24) is 9.03 Å². The first-order valence-corrected chi connectivity index (χ1v) is 8.45. The Balaban J connectivity index is 2.62. The summed E-state index contributed by atoms with van der Waals surface area (Å²) in [4.78, 5) is 11.0. The van der Waals surface area contributed by atoms with E-state index in [0.29, 0.717) is 25.9 Å². The van der Waals surface area contributed by atoms with Crippen molar-refractivity contribution in [3.8, 4) is 0 Å². The molecule has 1 rings (SSSR count). The second-order valence-corrected chi connectivity index (χ2v) is 8.41. The molecule has 7 heteroatoms. The predicted octanol–water partition coefficient (Wildman–Crippen LogP) is 1.30. The smallest absolute Gasteiger partial charge is 0.307 e. The van der Waals surface area contributed by atoms with Crippen molar-refractivity contribution in [1.29, 1.82) is 0 Å². The molecule has 2 unspecified atom stereocenters. The largest absolute Gasteiger partial charge is 0.481 e. The Morgan fingerprint density at radius 3 is 2.55 bits per heavy atom. The summed E-state index contributed by atoms with van der Waals surface area (Å²) in [6.45, 7) is 9.00. The van der Waals surface area contributed by atoms with E-state index in [1.807, 2.05) is 6.92 Å². The van der Waals surface area contributed by atoms with E-state index in [9.17, 15) is 13.2 Å². The van der Waals surface area contributed by atoms with Crippen molar-refractivity contribution in [3.05, 3.63) is 0 Å². The van der Waals surface area contributed by atoms with Crippen LogP contribution in [0.25, 0.3) is 0 Å². The first-order valence-electron chi connectivity index (χ1n) is 7.01. The third kappa shape index (κ3) is 4.71. The lowest BCUT2D eigenvalue weighted by molar-refractivity contribution is -0.142. The number of carboxylic acids is 1. The quantitative estimate of drug-likeness (QED) is 0.801. The highest BCUT2D eigenvalue weighted by Crippen LogP contribution is 2.25. The van der Waals surface area contributed by atoms with Crippen LogP contribution < -0.4 is 4.72 Å². The molecule has 1 aliphatic rings. The van der Waals surface area contributed by atoms with Gasteiger partial charge in [0.2, 0.25) is 0 Å². The third-order valence-corrected chi connectivity index (χ3v) is 5.67. The number of hydrogen-bond donors (Lipinski definition) is 2. The van der Waals surface area contributed by atoms with Crippen LogP contribution in [0.5, 0.6) is 0 Å². The number of aliphatic carboxylic acids is 1. The molecule has 0 aliphatic carbocycles. The highest BCUT2D eigenvalue weighted by Gasteiger charge is 2.32. The first-order chi connectivity index (χ1) is 9.04. The summed E-state index contributed by atoms with van der Waals surface area (Å²) in [5, 5.41) is 9.00. The zero-order valence-electron chi connectivity index (χ0n) is 12.7. The molecule has 6 nitrogen and oxygen atoms in total. The molecular weight excluding hydrogens is 280 g/mol. The van der Waals surface area contributed by atoms with Gasteiger partial charge in [-0.3, -0.25) is 4.79 Å². The molecule has 0 aromatic rings. The van der Waals surface area contributed by atoms with Gasteiger partial charge in [-0.15, -0.1) is 0 Å². The van der Waals surface area contributed by atoms with E-state index >= 15 is 0 Å². The zero-order valence-corrected chi connectivity index (χ0v) is 13.5. The molecule has 118 valence electrons. The van der Waals surface area contributed by atoms with E-state index < -0.39 is 22.1 Å². The van der Waals surface area contributed by atoms with Gasteiger partial charge in [0, 0.05) is 19.6 Å². The summed E-state index contributed by atoms with van der Waals surface area (Å²) in [6.07, 6.45) is 1.13. The summed E-state index contributed by atoms with van der Waals surface area (Å²) < 4.78 is 28.3. The SMILES string of the molecule is CC(CNS(=O)(=O)N1CCCC(C(=O)O)C1)C(C)(C)C. The van der Waals surface area contributed by atoms with Crippen LogP contribution in [0.4, 0.5) is 0 Å². The molecule has 0 amide bonds. The average molecular weight is 306 g/mol. The molecule has 0 aromatic carbocycles. The topological polar surface area (TPSA) is 86.7 Å². The Morgan fingerprint density at radius 1 is 1.45 bits per heavy atom. The van der Waals surface area contributed by atoms with Gasteiger partial charge in [0.1, 0.15) is 0 Å². The summed E-state index contributed by atoms with van der Waals surface area (Å²) >= 11 is 0. The van der Waals surface area contributed by atoms with Crippen molar-refractivity contribution in [2.45, 2.75) is 40.5 Å². The summed E-state index contributed by atoms with van der Waals surface area (Å²) in [6, 6.07) is 0. The molecule has 0 bridgehead atoms. The molecule has 2 atom stereocenters. The lowest BCUT2D eigenvalue weighted by Gasteiger charge is -2.32. The van der Waals surface area contributed by atoms with Crippen LogP contribution in [0, 0.1) is 17.3 Å². The second-order valence-electron chi connectivity index (χ2n) is 6.66. The highest BCUT2D eigenvalue weighted by atomic mass is 32.2. The summed E-state index contributed by atoms with van der Waals surface area (Å²) in [7, 11) is -3.59. The average Bonchev–Trinajstić information content (AvgIpc) is 2.35. The van der Waals surface area contributed by atoms with Crippen LogP contribution in [0.15, 0.2) is 0 Å². The van der Waals surface area contributed by atoms with Gasteiger partial charge >= 0.3 is 5.97 Å². The van der Waals surface area contributed by atoms with Crippen molar-refractivity contribution < 1.29 is 18.3 Å². The first kappa shape index (κ1) is 17.4. The second kappa shape index (κ2) is 6.41. The summed E-state index contributed by atoms with van der Waals surface area (Å²) in [5.74, 6) is -1.33. The number of hydrogen-bond acceptors (Lipinski definition) is 3. The van der Waals surface area contributed by atoms with Gasteiger partial charge in [-0.25, -0.2) is 4.72 Å². The van der Waals surface area contributed by atoms with E-state index in [4.69, 9.17) is 5.11 Å². The number of nitrogens with one attached hydrogen (secondary N) is 1. The van der Waals surface area contributed by atoms with E-state index in [0.717, 1.165) is 0 Å². The standard InChI is InChI=1S/C13H26N2O4S/c1-10(13(2,3)4)8-14-20(18,19)15-7-5-6-11(9-15)12(16)17/h10-11,14H,5-9H2,1-4H3,(H,16,17). The predicted molar refractivity (Wildman–Crippen MR) is 77.5 cm³/mol. The Kier molecular flexibility index (Phi) is 5.57. The van der Waals surface area contributed by atoms with Crippen LogP contribution in [0.1, 0.15) is 40.5 Å². The number of rotatable bonds is 5. The minimum absolute atomic E-state index is 0.0218. The maximum Gasteiger partial charge on any atom is 0.307 e. The van der Waals surface area contributed by atoms with Crippen LogP contribution in [0.2, 0.25) is 0 Å². The maximum atomic E-state index is 12.2. The van der Waals surface area contributed by atoms with Gasteiger partial charge in [-0.1, -0.05) is 27.7 Å². The molecule has 1 saturated heterocycles. The van der Waals surface area contributed by atoms with Crippen molar-refractivity contribution >= 4 is 16.2 Å². The Bertz CT molecular complexity index is 442. The Morgan fingerprint density at radius 2 is 2.05 bits per heavy atom. The van der Waals surface area contributed by atoms with Gasteiger partial charge < -0.3 is 5.11 Å². The van der Waals surface area contributed by atoms with Gasteiger partial charge in [-0.2, -0.15) is 12.7 Å². The summed E-state index contributed by atoms with van der Waals surface area (Å²) in [5.41, 5.74) is 0.0218. The molecule has 1 heterocycles. The zero-order chi connectivity index (χ0) is 15.6. The van der Waals surface area contributed by atoms with Crippen molar-refractivity contribution in [3.63, 3.8) is 0 Å². The van der Waals surface area contributed by atoms with Crippen LogP contribution >= 0.6 is 0 Å². The number of carbonyl (C=O) groups is 1. The van der Waals surface area contributed by atoms with E-state index in [2.05, 4.69) is 25.5 Å². The van der Waals surface area contributed by atoms with Crippen molar-refractivity contribution in [2.75, 3.05) is 19.6 Å². The molecule has 20 heavy (non-hydrogen) atoms. The number of carboxylic acid groups (broad SMARTS) is 1. The normalized spacial score (nSPS) is 23.5. The van der Waals surface area contributed by atoms with Crippen molar-refractivity contribution in [2.24, 2.45) is 17.3 Å². The fraction of sp³-hybridized carbons (Fsp3) is 0.923. The maximum absolute atomic E-state index is 12.2. The number of nitrogens with zero attached hydrogens (tertiary/aromatic N) is 1. The third-order valence-electron chi connectivity index (χ3n) is 4.12. The molecule has 2 N–H and O–H groups in total. The van der Waals surface area contributed by atoms with Gasteiger partial charge in [0.05, 0.1) is 5.92 Å². The highest BCUT2D eigenvalue weighted by molar-refractivity contribution is 7.87. The van der Waals surface area contributed by atoms with E-state index in [1.165, 1.54) is 4.31 Å². The molecule has 1 fully saturated rings. The van der Waals surface area contributed by atoms with Gasteiger partial charge in [0.15, 0.2) is 0 Å². The van der Waals surface area contributed by atoms with Gasteiger partial charge in [-0.05, 0) is 24.2 Å². The lowest BCUT2D eigenvalue weighted by atomic mass is 9.82. The molecule has 0 spiro atoms. The minimum Gasteiger partial charge on any atom is -0.481 e. The lowest BCUT2D eigenvalue weighted by Crippen LogP contribution is -2.48. The number of piperidine rings is 1. The molecule has 0 saturated carbocycles. The Hall–Kier alpha value is -0.660. The molecule has 0 aromatic heterocycles. The van der Waals surface area contributed by atoms with E-state index in [1.54, 1.807) is 0 Å².